The molecule has 4 nitrogen and oxygen atoms in total. The van der Waals surface area contributed by atoms with Crippen LogP contribution in [0, 0.1) is 11.8 Å². The van der Waals surface area contributed by atoms with E-state index in [0.717, 1.165) is 6.42 Å². The molecule has 20 heavy (non-hydrogen) atoms. The number of rotatable bonds is 3. The number of nitrogens with zero attached hydrogens (tertiary/aromatic N) is 1. The fourth-order valence-corrected chi connectivity index (χ4v) is 2.76. The minimum Gasteiger partial charge on any atom is -0.481 e. The lowest BCUT2D eigenvalue weighted by Crippen LogP contribution is -2.36. The van der Waals surface area contributed by atoms with Crippen LogP contribution in [0.2, 0.25) is 0 Å². The summed E-state index contributed by atoms with van der Waals surface area (Å²) in [6.45, 7) is 1.27. The molecule has 1 aromatic rings. The minimum absolute atomic E-state index is 0.000705. The van der Waals surface area contributed by atoms with E-state index in [1.54, 1.807) is 4.90 Å². The highest BCUT2D eigenvalue weighted by Gasteiger charge is 2.49. The first kappa shape index (κ1) is 12.9. The topological polar surface area (TPSA) is 57.6 Å². The average Bonchev–Trinajstić information content (AvgIpc) is 3.28. The predicted octanol–water partition coefficient (Wildman–Crippen LogP) is 2.02. The van der Waals surface area contributed by atoms with E-state index >= 15 is 0 Å². The number of carboxylic acids is 1. The maximum Gasteiger partial charge on any atom is 0.307 e. The zero-order valence-corrected chi connectivity index (χ0v) is 11.2. The van der Waals surface area contributed by atoms with Crippen molar-refractivity contribution in [1.29, 1.82) is 0 Å². The van der Waals surface area contributed by atoms with Gasteiger partial charge in [-0.05, 0) is 24.0 Å². The summed E-state index contributed by atoms with van der Waals surface area (Å²) in [6, 6.07) is 10.2. The number of hydrogen-bond donors (Lipinski definition) is 1. The third-order valence-electron chi connectivity index (χ3n) is 4.09. The molecule has 1 aliphatic carbocycles. The third-order valence-corrected chi connectivity index (χ3v) is 4.09. The first-order valence-electron chi connectivity index (χ1n) is 6.93. The first-order valence-corrected chi connectivity index (χ1v) is 6.93. The average molecular weight is 271 g/mol. The van der Waals surface area contributed by atoms with Crippen molar-refractivity contribution in [2.24, 2.45) is 11.8 Å². The van der Waals surface area contributed by atoms with E-state index in [2.05, 4.69) is 18.2 Å². The highest BCUT2D eigenvalue weighted by Crippen LogP contribution is 2.40. The SMILES string of the molecule is O=C(O)[C@H]1C[C@H]1C(=O)N1CC=C(c2ccccc2)CC1. The van der Waals surface area contributed by atoms with Crippen molar-refractivity contribution < 1.29 is 14.7 Å². The zero-order valence-electron chi connectivity index (χ0n) is 11.2. The number of carbonyl (C=O) groups excluding carboxylic acids is 1. The first-order chi connectivity index (χ1) is 9.66. The van der Waals surface area contributed by atoms with Crippen molar-refractivity contribution in [1.82, 2.24) is 4.90 Å². The predicted molar refractivity (Wildman–Crippen MR) is 74.8 cm³/mol. The van der Waals surface area contributed by atoms with Gasteiger partial charge in [-0.2, -0.15) is 0 Å². The van der Waals surface area contributed by atoms with Gasteiger partial charge in [-0.3, -0.25) is 9.59 Å². The Morgan fingerprint density at radius 1 is 1.15 bits per heavy atom. The van der Waals surface area contributed by atoms with E-state index in [4.69, 9.17) is 5.11 Å². The lowest BCUT2D eigenvalue weighted by molar-refractivity contribution is -0.141. The summed E-state index contributed by atoms with van der Waals surface area (Å²) in [5, 5.41) is 8.88. The molecule has 0 unspecified atom stereocenters. The van der Waals surface area contributed by atoms with Gasteiger partial charge in [-0.15, -0.1) is 0 Å². The molecule has 3 rings (SSSR count). The van der Waals surface area contributed by atoms with Crippen molar-refractivity contribution in [3.63, 3.8) is 0 Å². The molecule has 0 saturated heterocycles. The Morgan fingerprint density at radius 3 is 2.45 bits per heavy atom. The quantitative estimate of drug-likeness (QED) is 0.915. The lowest BCUT2D eigenvalue weighted by Gasteiger charge is -2.27. The molecule has 0 radical (unpaired) electrons. The van der Waals surface area contributed by atoms with Gasteiger partial charge in [0.25, 0.3) is 0 Å². The molecule has 2 aliphatic rings. The van der Waals surface area contributed by atoms with Gasteiger partial charge in [-0.25, -0.2) is 0 Å². The molecule has 1 aromatic carbocycles. The van der Waals surface area contributed by atoms with Crippen LogP contribution >= 0.6 is 0 Å². The summed E-state index contributed by atoms with van der Waals surface area (Å²) in [6.07, 6.45) is 3.41. The van der Waals surface area contributed by atoms with Crippen LogP contribution in [-0.2, 0) is 9.59 Å². The maximum absolute atomic E-state index is 12.2. The van der Waals surface area contributed by atoms with Gasteiger partial charge in [0.15, 0.2) is 0 Å². The van der Waals surface area contributed by atoms with Crippen molar-refractivity contribution in [2.75, 3.05) is 13.1 Å². The Hall–Kier alpha value is -2.10. The molecule has 1 saturated carbocycles. The van der Waals surface area contributed by atoms with E-state index in [9.17, 15) is 9.59 Å². The summed E-state index contributed by atoms with van der Waals surface area (Å²) in [5.74, 6) is -1.59. The Morgan fingerprint density at radius 2 is 1.90 bits per heavy atom. The number of aliphatic carboxylic acids is 1. The highest BCUT2D eigenvalue weighted by molar-refractivity contribution is 5.90. The molecule has 1 amide bonds. The summed E-state index contributed by atoms with van der Waals surface area (Å²) >= 11 is 0. The van der Waals surface area contributed by atoms with Crippen molar-refractivity contribution in [2.45, 2.75) is 12.8 Å². The van der Waals surface area contributed by atoms with Gasteiger partial charge in [0.05, 0.1) is 11.8 Å². The molecule has 0 spiro atoms. The van der Waals surface area contributed by atoms with Crippen molar-refractivity contribution in [3.05, 3.63) is 42.0 Å². The Labute approximate surface area is 117 Å². The van der Waals surface area contributed by atoms with Gasteiger partial charge >= 0.3 is 5.97 Å². The Balaban J connectivity index is 1.63. The monoisotopic (exact) mass is 271 g/mol. The molecule has 1 heterocycles. The fourth-order valence-electron chi connectivity index (χ4n) is 2.76. The second-order valence-corrected chi connectivity index (χ2v) is 5.42. The Kier molecular flexibility index (Phi) is 3.30. The maximum atomic E-state index is 12.2. The summed E-state index contributed by atoms with van der Waals surface area (Å²) < 4.78 is 0. The van der Waals surface area contributed by atoms with Crippen LogP contribution in [0.5, 0.6) is 0 Å². The second kappa shape index (κ2) is 5.12. The molecule has 0 bridgehead atoms. The summed E-state index contributed by atoms with van der Waals surface area (Å²) in [5.41, 5.74) is 2.47. The zero-order chi connectivity index (χ0) is 14.1. The van der Waals surface area contributed by atoms with Gasteiger partial charge < -0.3 is 10.0 Å². The molecular weight excluding hydrogens is 254 g/mol. The lowest BCUT2D eigenvalue weighted by atomic mass is 9.99. The molecule has 1 aliphatic heterocycles. The van der Waals surface area contributed by atoms with Gasteiger partial charge in [0.2, 0.25) is 5.91 Å². The van der Waals surface area contributed by atoms with E-state index < -0.39 is 11.9 Å². The molecule has 1 fully saturated rings. The molecule has 1 N–H and O–H groups in total. The van der Waals surface area contributed by atoms with E-state index in [-0.39, 0.29) is 11.8 Å². The summed E-state index contributed by atoms with van der Waals surface area (Å²) in [4.78, 5) is 24.7. The summed E-state index contributed by atoms with van der Waals surface area (Å²) in [7, 11) is 0. The van der Waals surface area contributed by atoms with Crippen LogP contribution < -0.4 is 0 Å². The number of amides is 1. The van der Waals surface area contributed by atoms with Gasteiger partial charge in [-0.1, -0.05) is 36.4 Å². The van der Waals surface area contributed by atoms with Gasteiger partial charge in [0, 0.05) is 13.1 Å². The van der Waals surface area contributed by atoms with Crippen LogP contribution in [0.25, 0.3) is 5.57 Å². The number of benzene rings is 1. The third kappa shape index (κ3) is 2.46. The van der Waals surface area contributed by atoms with E-state index in [0.29, 0.717) is 19.5 Å². The van der Waals surface area contributed by atoms with Crippen molar-refractivity contribution >= 4 is 17.4 Å². The van der Waals surface area contributed by atoms with E-state index in [1.165, 1.54) is 11.1 Å². The number of carbonyl (C=O) groups is 2. The van der Waals surface area contributed by atoms with Crippen LogP contribution in [0.1, 0.15) is 18.4 Å². The molecule has 4 heteroatoms. The smallest absolute Gasteiger partial charge is 0.307 e. The van der Waals surface area contributed by atoms with Crippen LogP contribution in [0.15, 0.2) is 36.4 Å². The standard InChI is InChI=1S/C16H17NO3/c18-15(13-10-14(13)16(19)20)17-8-6-12(7-9-17)11-4-2-1-3-5-11/h1-6,13-14H,7-10H2,(H,19,20)/t13-,14+/m1/s1. The molecule has 0 aromatic heterocycles. The molecular formula is C16H17NO3. The number of carboxylic acid groups (broad SMARTS) is 1. The number of hydrogen-bond acceptors (Lipinski definition) is 2. The fraction of sp³-hybridized carbons (Fsp3) is 0.375. The molecule has 2 atom stereocenters. The second-order valence-electron chi connectivity index (χ2n) is 5.42. The Bertz CT molecular complexity index is 564. The van der Waals surface area contributed by atoms with Gasteiger partial charge in [0.1, 0.15) is 0 Å². The largest absolute Gasteiger partial charge is 0.481 e. The normalized spacial score (nSPS) is 25.0. The highest BCUT2D eigenvalue weighted by atomic mass is 16.4. The van der Waals surface area contributed by atoms with Crippen LogP contribution in [-0.4, -0.2) is 35.0 Å². The molecule has 104 valence electrons. The van der Waals surface area contributed by atoms with Crippen molar-refractivity contribution in [3.8, 4) is 0 Å². The van der Waals surface area contributed by atoms with Crippen LogP contribution in [0.4, 0.5) is 0 Å². The van der Waals surface area contributed by atoms with E-state index in [1.807, 2.05) is 18.2 Å². The van der Waals surface area contributed by atoms with Crippen LogP contribution in [0.3, 0.4) is 0 Å². The minimum atomic E-state index is -0.846.